The minimum absolute atomic E-state index is 0.00180. The Morgan fingerprint density at radius 2 is 2.07 bits per heavy atom. The number of nitrogens with one attached hydrogen (secondary N) is 1. The predicted molar refractivity (Wildman–Crippen MR) is 105 cm³/mol. The van der Waals surface area contributed by atoms with Gasteiger partial charge in [-0.3, -0.25) is 14.9 Å². The summed E-state index contributed by atoms with van der Waals surface area (Å²) < 4.78 is 5.30. The van der Waals surface area contributed by atoms with E-state index < -0.39 is 10.8 Å². The van der Waals surface area contributed by atoms with Gasteiger partial charge in [-0.05, 0) is 36.8 Å². The highest BCUT2D eigenvalue weighted by molar-refractivity contribution is 6.35. The Bertz CT molecular complexity index is 913. The lowest BCUT2D eigenvalue weighted by Crippen LogP contribution is -2.25. The molecule has 0 bridgehead atoms. The zero-order valence-corrected chi connectivity index (χ0v) is 15.7. The number of hydrazone groups is 1. The summed E-state index contributed by atoms with van der Waals surface area (Å²) in [4.78, 5) is 22.1. The summed E-state index contributed by atoms with van der Waals surface area (Å²) in [5.74, 6) is -0.133. The first-order valence-corrected chi connectivity index (χ1v) is 8.44. The molecule has 0 aliphatic heterocycles. The molecule has 2 rings (SSSR count). The molecule has 0 saturated carbocycles. The molecule has 0 aliphatic carbocycles. The van der Waals surface area contributed by atoms with Gasteiger partial charge in [0.1, 0.15) is 5.75 Å². The number of carbonyl (C=O) groups is 1. The molecule has 0 aromatic heterocycles. The van der Waals surface area contributed by atoms with Crippen molar-refractivity contribution in [3.8, 4) is 5.75 Å². The maximum Gasteiger partial charge on any atom is 0.277 e. The van der Waals surface area contributed by atoms with Gasteiger partial charge in [0, 0.05) is 17.2 Å². The quantitative estimate of drug-likeness (QED) is 0.415. The molecule has 140 valence electrons. The standard InChI is InChI=1S/C18H15Cl2N3O4/c1-12(5-6-13-3-2-4-15(9-13)23(25)26)21-22-18(24)11-27-17-8-7-14(19)10-16(17)20/h2-10H,11H2,1H3,(H,22,24)/b6-5-,21-12?. The average Bonchev–Trinajstić information content (AvgIpc) is 2.64. The summed E-state index contributed by atoms with van der Waals surface area (Å²) in [5.41, 5.74) is 3.49. The van der Waals surface area contributed by atoms with Crippen molar-refractivity contribution in [2.75, 3.05) is 6.61 Å². The minimum atomic E-state index is -0.468. The fraction of sp³-hybridized carbons (Fsp3) is 0.111. The van der Waals surface area contributed by atoms with E-state index in [1.807, 2.05) is 0 Å². The number of nitrogens with zero attached hydrogens (tertiary/aromatic N) is 2. The number of benzene rings is 2. The van der Waals surface area contributed by atoms with Gasteiger partial charge in [-0.15, -0.1) is 0 Å². The summed E-state index contributed by atoms with van der Waals surface area (Å²) in [7, 11) is 0. The van der Waals surface area contributed by atoms with Crippen molar-refractivity contribution in [1.82, 2.24) is 5.43 Å². The lowest BCUT2D eigenvalue weighted by molar-refractivity contribution is -0.384. The van der Waals surface area contributed by atoms with Crippen LogP contribution in [0, 0.1) is 10.1 Å². The molecule has 0 heterocycles. The summed E-state index contributed by atoms with van der Waals surface area (Å²) >= 11 is 11.7. The molecule has 2 aromatic rings. The van der Waals surface area contributed by atoms with E-state index >= 15 is 0 Å². The number of halogens is 2. The molecule has 9 heteroatoms. The van der Waals surface area contributed by atoms with Crippen molar-refractivity contribution < 1.29 is 14.5 Å². The normalized spacial score (nSPS) is 11.4. The lowest BCUT2D eigenvalue weighted by Gasteiger charge is -2.07. The highest BCUT2D eigenvalue weighted by Crippen LogP contribution is 2.27. The number of allylic oxidation sites excluding steroid dienone is 1. The number of nitro groups is 1. The molecule has 0 unspecified atom stereocenters. The van der Waals surface area contributed by atoms with E-state index in [-0.39, 0.29) is 12.3 Å². The number of rotatable bonds is 7. The number of ether oxygens (including phenoxy) is 1. The SMILES string of the molecule is CC(/C=C\c1cccc([N+](=O)[O-])c1)=NNC(=O)COc1ccc(Cl)cc1Cl. The number of amides is 1. The highest BCUT2D eigenvalue weighted by atomic mass is 35.5. The zero-order valence-electron chi connectivity index (χ0n) is 14.2. The average molecular weight is 408 g/mol. The second-order valence-electron chi connectivity index (χ2n) is 5.34. The fourth-order valence-corrected chi connectivity index (χ4v) is 2.38. The number of nitro benzene ring substituents is 1. The summed E-state index contributed by atoms with van der Waals surface area (Å²) in [6.07, 6.45) is 3.28. The van der Waals surface area contributed by atoms with Crippen LogP contribution in [0.1, 0.15) is 12.5 Å². The third kappa shape index (κ3) is 6.73. The van der Waals surface area contributed by atoms with Crippen LogP contribution < -0.4 is 10.2 Å². The van der Waals surface area contributed by atoms with Crippen LogP contribution in [0.5, 0.6) is 5.75 Å². The molecule has 1 N–H and O–H groups in total. The summed E-state index contributed by atoms with van der Waals surface area (Å²) in [5, 5.41) is 15.4. The number of carbonyl (C=O) groups excluding carboxylic acids is 1. The number of hydrogen-bond acceptors (Lipinski definition) is 5. The van der Waals surface area contributed by atoms with Crippen molar-refractivity contribution >= 4 is 46.6 Å². The molecular weight excluding hydrogens is 393 g/mol. The molecule has 0 fully saturated rings. The van der Waals surface area contributed by atoms with Gasteiger partial charge >= 0.3 is 0 Å². The van der Waals surface area contributed by atoms with Crippen molar-refractivity contribution in [3.63, 3.8) is 0 Å². The Kier molecular flexibility index (Phi) is 7.34. The monoisotopic (exact) mass is 407 g/mol. The lowest BCUT2D eigenvalue weighted by atomic mass is 10.2. The highest BCUT2D eigenvalue weighted by Gasteiger charge is 2.06. The van der Waals surface area contributed by atoms with Gasteiger partial charge in [0.2, 0.25) is 0 Å². The first-order chi connectivity index (χ1) is 12.8. The van der Waals surface area contributed by atoms with Gasteiger partial charge in [0.15, 0.2) is 6.61 Å². The first kappa shape index (κ1) is 20.4. The molecule has 0 spiro atoms. The van der Waals surface area contributed by atoms with E-state index in [0.29, 0.717) is 27.1 Å². The maximum absolute atomic E-state index is 11.8. The molecule has 2 aromatic carbocycles. The Hall–Kier alpha value is -2.90. The van der Waals surface area contributed by atoms with Crippen LogP contribution in [-0.4, -0.2) is 23.1 Å². The Morgan fingerprint density at radius 3 is 2.78 bits per heavy atom. The molecule has 0 aliphatic rings. The molecule has 0 saturated heterocycles. The van der Waals surface area contributed by atoms with Crippen molar-refractivity contribution in [3.05, 3.63) is 74.3 Å². The van der Waals surface area contributed by atoms with E-state index in [4.69, 9.17) is 27.9 Å². The second kappa shape index (κ2) is 9.70. The number of hydrogen-bond donors (Lipinski definition) is 1. The van der Waals surface area contributed by atoms with Crippen LogP contribution in [0.15, 0.2) is 53.6 Å². The van der Waals surface area contributed by atoms with E-state index in [1.165, 1.54) is 18.2 Å². The molecule has 27 heavy (non-hydrogen) atoms. The molecule has 0 atom stereocenters. The third-order valence-electron chi connectivity index (χ3n) is 3.21. The van der Waals surface area contributed by atoms with Crippen LogP contribution in [0.4, 0.5) is 5.69 Å². The smallest absolute Gasteiger partial charge is 0.277 e. The van der Waals surface area contributed by atoms with Gasteiger partial charge in [0.05, 0.1) is 15.7 Å². The van der Waals surface area contributed by atoms with Gasteiger partial charge in [-0.2, -0.15) is 5.10 Å². The second-order valence-corrected chi connectivity index (χ2v) is 6.18. The van der Waals surface area contributed by atoms with Crippen molar-refractivity contribution in [2.24, 2.45) is 5.10 Å². The van der Waals surface area contributed by atoms with E-state index in [2.05, 4.69) is 10.5 Å². The summed E-state index contributed by atoms with van der Waals surface area (Å²) in [6, 6.07) is 10.8. The Morgan fingerprint density at radius 1 is 1.30 bits per heavy atom. The van der Waals surface area contributed by atoms with Gasteiger partial charge < -0.3 is 4.74 Å². The predicted octanol–water partition coefficient (Wildman–Crippen LogP) is 4.49. The molecule has 1 amide bonds. The Balaban J connectivity index is 1.88. The van der Waals surface area contributed by atoms with E-state index in [1.54, 1.807) is 43.3 Å². The van der Waals surface area contributed by atoms with Gasteiger partial charge in [0.25, 0.3) is 11.6 Å². The largest absolute Gasteiger partial charge is 0.482 e. The topological polar surface area (TPSA) is 93.8 Å². The minimum Gasteiger partial charge on any atom is -0.482 e. The fourth-order valence-electron chi connectivity index (χ4n) is 1.91. The third-order valence-corrected chi connectivity index (χ3v) is 3.74. The first-order valence-electron chi connectivity index (χ1n) is 7.68. The zero-order chi connectivity index (χ0) is 19.8. The van der Waals surface area contributed by atoms with Gasteiger partial charge in [-0.25, -0.2) is 5.43 Å². The van der Waals surface area contributed by atoms with Crippen LogP contribution in [-0.2, 0) is 4.79 Å². The Labute approximate surface area is 165 Å². The maximum atomic E-state index is 11.8. The van der Waals surface area contributed by atoms with Gasteiger partial charge in [-0.1, -0.05) is 41.4 Å². The molecule has 0 radical (unpaired) electrons. The van der Waals surface area contributed by atoms with Crippen LogP contribution in [0.25, 0.3) is 6.08 Å². The molecule has 7 nitrogen and oxygen atoms in total. The number of non-ortho nitro benzene ring substituents is 1. The molecular formula is C18H15Cl2N3O4. The van der Waals surface area contributed by atoms with Crippen LogP contribution in [0.2, 0.25) is 10.0 Å². The van der Waals surface area contributed by atoms with E-state index in [0.717, 1.165) is 0 Å². The van der Waals surface area contributed by atoms with Crippen molar-refractivity contribution in [2.45, 2.75) is 6.92 Å². The van der Waals surface area contributed by atoms with Crippen LogP contribution >= 0.6 is 23.2 Å². The van der Waals surface area contributed by atoms with Crippen molar-refractivity contribution in [1.29, 1.82) is 0 Å². The van der Waals surface area contributed by atoms with Crippen LogP contribution in [0.3, 0.4) is 0 Å². The summed E-state index contributed by atoms with van der Waals surface area (Å²) in [6.45, 7) is 1.40. The van der Waals surface area contributed by atoms with E-state index in [9.17, 15) is 14.9 Å².